The van der Waals surface area contributed by atoms with Crippen LogP contribution in [0.3, 0.4) is 0 Å². The number of amides is 2. The predicted molar refractivity (Wildman–Crippen MR) is 125 cm³/mol. The second-order valence-corrected chi connectivity index (χ2v) is 7.87. The molecule has 3 rings (SSSR count). The molecule has 2 N–H and O–H groups in total. The van der Waals surface area contributed by atoms with Gasteiger partial charge in [0, 0.05) is 31.2 Å². The highest BCUT2D eigenvalue weighted by molar-refractivity contribution is 9.10. The molecule has 30 heavy (non-hydrogen) atoms. The Labute approximate surface area is 190 Å². The maximum absolute atomic E-state index is 12.1. The molecule has 3 aromatic carbocycles. The van der Waals surface area contributed by atoms with Crippen molar-refractivity contribution in [2.24, 2.45) is 10.2 Å². The number of halogens is 2. The monoisotopic (exact) mass is 526 g/mol. The van der Waals surface area contributed by atoms with Gasteiger partial charge in [-0.05, 0) is 48.5 Å². The number of nitrogens with zero attached hydrogens (tertiary/aromatic N) is 2. The first-order valence-electron chi connectivity index (χ1n) is 8.80. The van der Waals surface area contributed by atoms with Crippen molar-refractivity contribution in [2.45, 2.75) is 0 Å². The van der Waals surface area contributed by atoms with Crippen LogP contribution in [0.5, 0.6) is 0 Å². The lowest BCUT2D eigenvalue weighted by atomic mass is 10.1. The van der Waals surface area contributed by atoms with E-state index in [9.17, 15) is 9.59 Å². The van der Waals surface area contributed by atoms with Crippen molar-refractivity contribution in [2.75, 3.05) is 0 Å². The normalized spacial score (nSPS) is 11.0. The van der Waals surface area contributed by atoms with E-state index in [1.165, 1.54) is 12.4 Å². The number of carbonyl (C=O) groups excluding carboxylic acids is 2. The second kappa shape index (κ2) is 10.6. The van der Waals surface area contributed by atoms with Gasteiger partial charge in [0.1, 0.15) is 0 Å². The van der Waals surface area contributed by atoms with E-state index in [-0.39, 0.29) is 11.8 Å². The average molecular weight is 528 g/mol. The minimum atomic E-state index is -0.313. The molecule has 2 amide bonds. The van der Waals surface area contributed by atoms with E-state index in [1.807, 2.05) is 24.3 Å². The third-order valence-corrected chi connectivity index (χ3v) is 5.01. The maximum atomic E-state index is 12.1. The number of hydrogen-bond acceptors (Lipinski definition) is 4. The number of nitrogens with one attached hydrogen (secondary N) is 2. The van der Waals surface area contributed by atoms with Crippen molar-refractivity contribution in [3.05, 3.63) is 104 Å². The number of hydrazone groups is 2. The van der Waals surface area contributed by atoms with Crippen LogP contribution in [0, 0.1) is 0 Å². The van der Waals surface area contributed by atoms with Crippen LogP contribution < -0.4 is 10.9 Å². The molecule has 0 aliphatic rings. The van der Waals surface area contributed by atoms with Crippen LogP contribution in [0.25, 0.3) is 0 Å². The molecule has 0 atom stereocenters. The molecular weight excluding hydrogens is 512 g/mol. The van der Waals surface area contributed by atoms with Crippen molar-refractivity contribution in [1.29, 1.82) is 0 Å². The highest BCUT2D eigenvalue weighted by Gasteiger charge is 2.05. The van der Waals surface area contributed by atoms with Gasteiger partial charge in [0.05, 0.1) is 12.4 Å². The highest BCUT2D eigenvalue weighted by atomic mass is 79.9. The zero-order valence-corrected chi connectivity index (χ0v) is 18.7. The molecule has 0 spiro atoms. The zero-order valence-electron chi connectivity index (χ0n) is 15.5. The summed E-state index contributed by atoms with van der Waals surface area (Å²) in [4.78, 5) is 24.2. The Morgan fingerprint density at radius 3 is 1.37 bits per heavy atom. The first-order valence-corrected chi connectivity index (χ1v) is 10.4. The Bertz CT molecular complexity index is 1010. The molecule has 0 saturated heterocycles. The maximum Gasteiger partial charge on any atom is 0.271 e. The summed E-state index contributed by atoms with van der Waals surface area (Å²) in [5.41, 5.74) is 7.45. The summed E-state index contributed by atoms with van der Waals surface area (Å²) in [5.74, 6) is -0.627. The summed E-state index contributed by atoms with van der Waals surface area (Å²) >= 11 is 6.66. The third kappa shape index (κ3) is 6.20. The summed E-state index contributed by atoms with van der Waals surface area (Å²) in [6.45, 7) is 0. The van der Waals surface area contributed by atoms with E-state index >= 15 is 0 Å². The van der Waals surface area contributed by atoms with E-state index in [0.717, 1.165) is 20.1 Å². The van der Waals surface area contributed by atoms with Crippen molar-refractivity contribution in [1.82, 2.24) is 10.9 Å². The zero-order chi connectivity index (χ0) is 21.3. The molecule has 0 aliphatic heterocycles. The number of benzene rings is 3. The fraction of sp³-hybridized carbons (Fsp3) is 0. The van der Waals surface area contributed by atoms with Crippen LogP contribution in [-0.2, 0) is 0 Å². The van der Waals surface area contributed by atoms with Gasteiger partial charge in [0.15, 0.2) is 0 Å². The fourth-order valence-electron chi connectivity index (χ4n) is 2.40. The molecule has 0 aliphatic carbocycles. The standard InChI is InChI=1S/C22H16Br2N4O2/c23-19-9-5-15(6-10-19)21(29)27-25-13-17-3-1-2-4-18(17)14-26-28-22(30)16-7-11-20(24)12-8-16/h1-14H,(H,27,29)(H,28,30)/b25-13+,26-14+. The first-order chi connectivity index (χ1) is 14.5. The molecule has 8 heteroatoms. The number of rotatable bonds is 6. The van der Waals surface area contributed by atoms with Gasteiger partial charge in [-0.1, -0.05) is 56.1 Å². The van der Waals surface area contributed by atoms with Crippen molar-refractivity contribution in [3.63, 3.8) is 0 Å². The van der Waals surface area contributed by atoms with Gasteiger partial charge in [-0.2, -0.15) is 10.2 Å². The fourth-order valence-corrected chi connectivity index (χ4v) is 2.93. The summed E-state index contributed by atoms with van der Waals surface area (Å²) in [6, 6.07) is 21.3. The van der Waals surface area contributed by atoms with Gasteiger partial charge in [-0.3, -0.25) is 9.59 Å². The molecule has 3 aromatic rings. The van der Waals surface area contributed by atoms with E-state index in [2.05, 4.69) is 52.9 Å². The lowest BCUT2D eigenvalue weighted by molar-refractivity contribution is 0.0947. The molecule has 0 saturated carbocycles. The van der Waals surface area contributed by atoms with Crippen molar-refractivity contribution < 1.29 is 9.59 Å². The average Bonchev–Trinajstić information content (AvgIpc) is 2.75. The van der Waals surface area contributed by atoms with E-state index in [4.69, 9.17) is 0 Å². The Morgan fingerprint density at radius 1 is 0.633 bits per heavy atom. The van der Waals surface area contributed by atoms with Crippen molar-refractivity contribution in [3.8, 4) is 0 Å². The van der Waals surface area contributed by atoms with Gasteiger partial charge in [-0.15, -0.1) is 0 Å². The van der Waals surface area contributed by atoms with Crippen LogP contribution in [0.1, 0.15) is 31.8 Å². The molecule has 0 unspecified atom stereocenters. The van der Waals surface area contributed by atoms with E-state index < -0.39 is 0 Å². The highest BCUT2D eigenvalue weighted by Crippen LogP contribution is 2.11. The van der Waals surface area contributed by atoms with Gasteiger partial charge in [-0.25, -0.2) is 10.9 Å². The van der Waals surface area contributed by atoms with Gasteiger partial charge in [0.25, 0.3) is 11.8 Å². The van der Waals surface area contributed by atoms with Gasteiger partial charge >= 0.3 is 0 Å². The van der Waals surface area contributed by atoms with Crippen molar-refractivity contribution >= 4 is 56.1 Å². The van der Waals surface area contributed by atoms with E-state index in [1.54, 1.807) is 48.5 Å². The Kier molecular flexibility index (Phi) is 7.64. The molecule has 150 valence electrons. The smallest absolute Gasteiger partial charge is 0.267 e. The van der Waals surface area contributed by atoms with Crippen LogP contribution in [0.4, 0.5) is 0 Å². The SMILES string of the molecule is O=C(N/N=C/c1ccccc1/C=N/NC(=O)c1ccc(Br)cc1)c1ccc(Br)cc1. The third-order valence-electron chi connectivity index (χ3n) is 3.95. The number of carbonyl (C=O) groups is 2. The van der Waals surface area contributed by atoms with Crippen LogP contribution in [0.15, 0.2) is 91.9 Å². The summed E-state index contributed by atoms with van der Waals surface area (Å²) in [6.07, 6.45) is 3.04. The molecule has 0 bridgehead atoms. The summed E-state index contributed by atoms with van der Waals surface area (Å²) in [5, 5.41) is 8.02. The lowest BCUT2D eigenvalue weighted by Gasteiger charge is -2.02. The molecule has 6 nitrogen and oxygen atoms in total. The van der Waals surface area contributed by atoms with Gasteiger partial charge < -0.3 is 0 Å². The summed E-state index contributed by atoms with van der Waals surface area (Å²) < 4.78 is 1.78. The summed E-state index contributed by atoms with van der Waals surface area (Å²) in [7, 11) is 0. The number of hydrogen-bond donors (Lipinski definition) is 2. The van der Waals surface area contributed by atoms with Crippen LogP contribution >= 0.6 is 31.9 Å². The first kappa shape index (κ1) is 21.6. The topological polar surface area (TPSA) is 82.9 Å². The lowest BCUT2D eigenvalue weighted by Crippen LogP contribution is -2.18. The Balaban J connectivity index is 1.62. The largest absolute Gasteiger partial charge is 0.271 e. The quantitative estimate of drug-likeness (QED) is 0.358. The van der Waals surface area contributed by atoms with E-state index in [0.29, 0.717) is 11.1 Å². The molecular formula is C22H16Br2N4O2. The van der Waals surface area contributed by atoms with Crippen LogP contribution in [-0.4, -0.2) is 24.2 Å². The van der Waals surface area contributed by atoms with Crippen LogP contribution in [0.2, 0.25) is 0 Å². The minimum absolute atomic E-state index is 0.313. The van der Waals surface area contributed by atoms with Gasteiger partial charge in [0.2, 0.25) is 0 Å². The second-order valence-electron chi connectivity index (χ2n) is 6.04. The molecule has 0 aromatic heterocycles. The Morgan fingerprint density at radius 2 is 1.00 bits per heavy atom. The predicted octanol–water partition coefficient (Wildman–Crippen LogP) is 4.74. The minimum Gasteiger partial charge on any atom is -0.267 e. The molecule has 0 heterocycles. The Hall–Kier alpha value is -3.10. The molecule has 0 radical (unpaired) electrons. The molecule has 0 fully saturated rings.